The van der Waals surface area contributed by atoms with E-state index in [9.17, 15) is 0 Å². The number of nitrogens with two attached hydrogens (primary N) is 1. The van der Waals surface area contributed by atoms with Gasteiger partial charge >= 0.3 is 0 Å². The van der Waals surface area contributed by atoms with Crippen molar-refractivity contribution in [3.8, 4) is 11.5 Å². The van der Waals surface area contributed by atoms with Gasteiger partial charge in [0.05, 0.1) is 13.7 Å². The molecule has 2 N–H and O–H groups in total. The number of anilines is 1. The Labute approximate surface area is 117 Å². The summed E-state index contributed by atoms with van der Waals surface area (Å²) < 4.78 is 11.2. The van der Waals surface area contributed by atoms with Crippen LogP contribution in [0.4, 0.5) is 5.95 Å². The second-order valence-corrected chi connectivity index (χ2v) is 4.94. The average molecular weight is 271 g/mol. The minimum atomic E-state index is 0.321. The third kappa shape index (κ3) is 2.52. The van der Waals surface area contributed by atoms with E-state index in [0.29, 0.717) is 18.5 Å². The van der Waals surface area contributed by atoms with Gasteiger partial charge in [-0.3, -0.25) is 0 Å². The number of para-hydroxylation sites is 1. The largest absolute Gasteiger partial charge is 0.493 e. The van der Waals surface area contributed by atoms with E-state index in [1.165, 1.54) is 5.56 Å². The molecule has 1 atom stereocenters. The molecule has 1 aliphatic heterocycles. The number of fused-ring (bicyclic) bond motifs is 1. The van der Waals surface area contributed by atoms with Gasteiger partial charge in [0.15, 0.2) is 11.5 Å². The highest BCUT2D eigenvalue weighted by Crippen LogP contribution is 2.36. The molecule has 0 saturated heterocycles. The highest BCUT2D eigenvalue weighted by atomic mass is 16.5. The summed E-state index contributed by atoms with van der Waals surface area (Å²) in [6.07, 6.45) is 3.48. The van der Waals surface area contributed by atoms with Gasteiger partial charge < -0.3 is 15.2 Å². The van der Waals surface area contributed by atoms with Crippen LogP contribution in [-0.2, 0) is 12.8 Å². The molecule has 2 heterocycles. The number of aromatic nitrogens is 2. The minimum absolute atomic E-state index is 0.321. The highest BCUT2D eigenvalue weighted by Gasteiger charge is 2.23. The maximum Gasteiger partial charge on any atom is 0.220 e. The number of rotatable bonds is 3. The molecule has 0 aliphatic carbocycles. The van der Waals surface area contributed by atoms with Gasteiger partial charge in [-0.25, -0.2) is 9.97 Å². The summed E-state index contributed by atoms with van der Waals surface area (Å²) in [5.41, 5.74) is 7.75. The molecule has 2 aromatic rings. The second-order valence-electron chi connectivity index (χ2n) is 4.94. The lowest BCUT2D eigenvalue weighted by molar-refractivity contribution is 0.210. The van der Waals surface area contributed by atoms with Gasteiger partial charge in [-0.05, 0) is 30.5 Å². The zero-order valence-electron chi connectivity index (χ0n) is 11.4. The Morgan fingerprint density at radius 3 is 3.10 bits per heavy atom. The van der Waals surface area contributed by atoms with Gasteiger partial charge in [0.2, 0.25) is 5.95 Å². The maximum atomic E-state index is 5.86. The van der Waals surface area contributed by atoms with Gasteiger partial charge in [-0.1, -0.05) is 12.1 Å². The van der Waals surface area contributed by atoms with Crippen molar-refractivity contribution in [2.75, 3.05) is 19.5 Å². The molecule has 5 nitrogen and oxygen atoms in total. The van der Waals surface area contributed by atoms with Gasteiger partial charge in [0, 0.05) is 17.8 Å². The lowest BCUT2D eigenvalue weighted by Crippen LogP contribution is -2.23. The Morgan fingerprint density at radius 2 is 2.30 bits per heavy atom. The minimum Gasteiger partial charge on any atom is -0.493 e. The summed E-state index contributed by atoms with van der Waals surface area (Å²) in [4.78, 5) is 8.15. The fourth-order valence-corrected chi connectivity index (χ4v) is 2.57. The highest BCUT2D eigenvalue weighted by molar-refractivity contribution is 5.47. The molecule has 0 radical (unpaired) electrons. The standard InChI is InChI=1S/C15H17N3O2/c1-19-13-4-2-3-11-7-10(9-20-14(11)13)8-12-5-6-17-15(16)18-12/h2-6,10H,7-9H2,1H3,(H2,16,17,18). The van der Waals surface area contributed by atoms with Crippen LogP contribution in [0.2, 0.25) is 0 Å². The van der Waals surface area contributed by atoms with Crippen molar-refractivity contribution in [1.82, 2.24) is 9.97 Å². The Kier molecular flexibility index (Phi) is 3.41. The van der Waals surface area contributed by atoms with E-state index in [1.807, 2.05) is 18.2 Å². The lowest BCUT2D eigenvalue weighted by Gasteiger charge is -2.26. The molecule has 1 aromatic heterocycles. The Bertz CT molecular complexity index is 616. The van der Waals surface area contributed by atoms with Crippen LogP contribution in [0, 0.1) is 5.92 Å². The van der Waals surface area contributed by atoms with E-state index >= 15 is 0 Å². The van der Waals surface area contributed by atoms with Crippen LogP contribution in [0.25, 0.3) is 0 Å². The maximum absolute atomic E-state index is 5.86. The molecule has 0 amide bonds. The molecule has 0 spiro atoms. The summed E-state index contributed by atoms with van der Waals surface area (Å²) in [6.45, 7) is 0.664. The van der Waals surface area contributed by atoms with Crippen LogP contribution < -0.4 is 15.2 Å². The molecular weight excluding hydrogens is 254 g/mol. The van der Waals surface area contributed by atoms with Crippen molar-refractivity contribution >= 4 is 5.95 Å². The number of nitrogen functional groups attached to an aromatic ring is 1. The van der Waals surface area contributed by atoms with E-state index in [-0.39, 0.29) is 0 Å². The third-order valence-corrected chi connectivity index (χ3v) is 3.48. The molecule has 20 heavy (non-hydrogen) atoms. The Balaban J connectivity index is 1.76. The van der Waals surface area contributed by atoms with Crippen molar-refractivity contribution < 1.29 is 9.47 Å². The van der Waals surface area contributed by atoms with E-state index in [2.05, 4.69) is 16.0 Å². The molecule has 3 rings (SSSR count). The first-order valence-electron chi connectivity index (χ1n) is 6.62. The van der Waals surface area contributed by atoms with Crippen molar-refractivity contribution in [1.29, 1.82) is 0 Å². The molecule has 0 fully saturated rings. The number of methoxy groups -OCH3 is 1. The van der Waals surface area contributed by atoms with Crippen LogP contribution >= 0.6 is 0 Å². The van der Waals surface area contributed by atoms with E-state index in [0.717, 1.165) is 30.0 Å². The quantitative estimate of drug-likeness (QED) is 0.922. The van der Waals surface area contributed by atoms with Crippen molar-refractivity contribution in [2.24, 2.45) is 5.92 Å². The molecule has 1 unspecified atom stereocenters. The van der Waals surface area contributed by atoms with Crippen LogP contribution in [0.3, 0.4) is 0 Å². The molecule has 0 bridgehead atoms. The first kappa shape index (κ1) is 12.7. The molecule has 1 aromatic carbocycles. The predicted molar refractivity (Wildman–Crippen MR) is 75.8 cm³/mol. The smallest absolute Gasteiger partial charge is 0.220 e. The summed E-state index contributed by atoms with van der Waals surface area (Å²) in [6, 6.07) is 7.90. The fourth-order valence-electron chi connectivity index (χ4n) is 2.57. The molecule has 0 saturated carbocycles. The predicted octanol–water partition coefficient (Wildman–Crippen LogP) is 1.86. The van der Waals surface area contributed by atoms with Crippen LogP contribution in [0.1, 0.15) is 11.3 Å². The van der Waals surface area contributed by atoms with Gasteiger partial charge in [0.25, 0.3) is 0 Å². The average Bonchev–Trinajstić information content (AvgIpc) is 2.46. The van der Waals surface area contributed by atoms with Crippen molar-refractivity contribution in [2.45, 2.75) is 12.8 Å². The first-order valence-corrected chi connectivity index (χ1v) is 6.62. The molecular formula is C15H17N3O2. The summed E-state index contributed by atoms with van der Waals surface area (Å²) in [7, 11) is 1.66. The topological polar surface area (TPSA) is 70.3 Å². The zero-order chi connectivity index (χ0) is 13.9. The van der Waals surface area contributed by atoms with Crippen LogP contribution in [-0.4, -0.2) is 23.7 Å². The molecule has 104 valence electrons. The van der Waals surface area contributed by atoms with E-state index < -0.39 is 0 Å². The Hall–Kier alpha value is -2.30. The summed E-state index contributed by atoms with van der Waals surface area (Å²) in [5.74, 6) is 2.38. The Morgan fingerprint density at radius 1 is 1.40 bits per heavy atom. The third-order valence-electron chi connectivity index (χ3n) is 3.48. The van der Waals surface area contributed by atoms with Gasteiger partial charge in [0.1, 0.15) is 0 Å². The van der Waals surface area contributed by atoms with Gasteiger partial charge in [-0.15, -0.1) is 0 Å². The summed E-state index contributed by atoms with van der Waals surface area (Å²) >= 11 is 0. The van der Waals surface area contributed by atoms with Crippen molar-refractivity contribution in [3.63, 3.8) is 0 Å². The lowest BCUT2D eigenvalue weighted by atomic mass is 9.92. The number of hydrogen-bond donors (Lipinski definition) is 1. The second kappa shape index (κ2) is 5.36. The summed E-state index contributed by atoms with van der Waals surface area (Å²) in [5, 5.41) is 0. The van der Waals surface area contributed by atoms with Crippen LogP contribution in [0.15, 0.2) is 30.5 Å². The molecule has 5 heteroatoms. The fraction of sp³-hybridized carbons (Fsp3) is 0.333. The monoisotopic (exact) mass is 271 g/mol. The number of nitrogens with zero attached hydrogens (tertiary/aromatic N) is 2. The van der Waals surface area contributed by atoms with Crippen LogP contribution in [0.5, 0.6) is 11.5 Å². The number of benzene rings is 1. The van der Waals surface area contributed by atoms with Crippen molar-refractivity contribution in [3.05, 3.63) is 41.7 Å². The zero-order valence-corrected chi connectivity index (χ0v) is 11.4. The first-order chi connectivity index (χ1) is 9.76. The van der Waals surface area contributed by atoms with E-state index in [4.69, 9.17) is 15.2 Å². The normalized spacial score (nSPS) is 17.1. The number of ether oxygens (including phenoxy) is 2. The molecule has 1 aliphatic rings. The van der Waals surface area contributed by atoms with E-state index in [1.54, 1.807) is 13.3 Å². The SMILES string of the molecule is COc1cccc2c1OCC(Cc1ccnc(N)n1)C2. The van der Waals surface area contributed by atoms with Gasteiger partial charge in [-0.2, -0.15) is 0 Å². The number of hydrogen-bond acceptors (Lipinski definition) is 5.